The number of carbonyl (C=O) groups excluding carboxylic acids is 2. The highest BCUT2D eigenvalue weighted by Gasteiger charge is 2.37. The molecule has 0 spiro atoms. The van der Waals surface area contributed by atoms with Gasteiger partial charge in [-0.25, -0.2) is 4.79 Å². The Morgan fingerprint density at radius 3 is 2.28 bits per heavy atom. The normalized spacial score (nSPS) is 26.1. The minimum Gasteiger partial charge on any atom is -0.338 e. The lowest BCUT2D eigenvalue weighted by Gasteiger charge is -2.45. The van der Waals surface area contributed by atoms with Crippen LogP contribution in [0.25, 0.3) is 0 Å². The van der Waals surface area contributed by atoms with Crippen LogP contribution < -0.4 is 10.8 Å². The quantitative estimate of drug-likeness (QED) is 0.486. The minimum absolute atomic E-state index is 0.371. The van der Waals surface area contributed by atoms with Crippen molar-refractivity contribution in [2.45, 2.75) is 44.3 Å². The molecule has 3 saturated heterocycles. The molecule has 1 amide bonds. The van der Waals surface area contributed by atoms with E-state index in [4.69, 9.17) is 4.84 Å². The Labute approximate surface area is 149 Å². The van der Waals surface area contributed by atoms with E-state index in [-0.39, 0.29) is 12.1 Å². The Bertz CT molecular complexity index is 430. The van der Waals surface area contributed by atoms with E-state index in [1.807, 2.05) is 0 Å². The third-order valence-electron chi connectivity index (χ3n) is 5.67. The van der Waals surface area contributed by atoms with Crippen LogP contribution in [0.3, 0.4) is 0 Å². The molecule has 0 aliphatic carbocycles. The number of likely N-dealkylation sites (tertiary alicyclic amines) is 1. The van der Waals surface area contributed by atoms with Gasteiger partial charge in [0.05, 0.1) is 0 Å². The van der Waals surface area contributed by atoms with Crippen LogP contribution in [0, 0.1) is 0 Å². The van der Waals surface area contributed by atoms with Gasteiger partial charge in [0, 0.05) is 45.3 Å². The second kappa shape index (κ2) is 9.47. The zero-order valence-corrected chi connectivity index (χ0v) is 15.0. The number of hydroxylamine groups is 1. The molecule has 3 aliphatic heterocycles. The first kappa shape index (κ1) is 18.6. The van der Waals surface area contributed by atoms with Crippen LogP contribution in [-0.4, -0.2) is 91.6 Å². The maximum absolute atomic E-state index is 12.5. The van der Waals surface area contributed by atoms with E-state index in [0.717, 1.165) is 65.2 Å². The van der Waals surface area contributed by atoms with Gasteiger partial charge in [-0.3, -0.25) is 19.5 Å². The zero-order chi connectivity index (χ0) is 17.5. The predicted molar refractivity (Wildman–Crippen MR) is 93.5 cm³/mol. The molecule has 0 radical (unpaired) electrons. The van der Waals surface area contributed by atoms with Gasteiger partial charge in [0.2, 0.25) is 6.41 Å². The summed E-state index contributed by atoms with van der Waals surface area (Å²) < 4.78 is 0. The van der Waals surface area contributed by atoms with Crippen LogP contribution in [-0.2, 0) is 14.4 Å². The van der Waals surface area contributed by atoms with Crippen LogP contribution in [0.1, 0.15) is 32.1 Å². The van der Waals surface area contributed by atoms with Gasteiger partial charge in [-0.05, 0) is 38.8 Å². The van der Waals surface area contributed by atoms with Crippen LogP contribution >= 0.6 is 0 Å². The molecule has 3 heterocycles. The third kappa shape index (κ3) is 4.91. The fourth-order valence-corrected chi connectivity index (χ4v) is 4.35. The van der Waals surface area contributed by atoms with Crippen molar-refractivity contribution in [3.05, 3.63) is 0 Å². The monoisotopic (exact) mass is 353 g/mol. The van der Waals surface area contributed by atoms with Crippen LogP contribution in [0.4, 0.5) is 0 Å². The van der Waals surface area contributed by atoms with E-state index >= 15 is 0 Å². The Morgan fingerprint density at radius 1 is 1.00 bits per heavy atom. The maximum atomic E-state index is 12.5. The Hall–Kier alpha value is -1.22. The molecule has 1 atom stereocenters. The molecule has 0 aromatic carbocycles. The lowest BCUT2D eigenvalue weighted by Crippen LogP contribution is -2.62. The molecule has 3 aliphatic rings. The minimum atomic E-state index is -0.386. The van der Waals surface area contributed by atoms with Gasteiger partial charge in [0.1, 0.15) is 0 Å². The smallest absolute Gasteiger partial charge is 0.338 e. The van der Waals surface area contributed by atoms with Gasteiger partial charge in [0.25, 0.3) is 0 Å². The van der Waals surface area contributed by atoms with Crippen molar-refractivity contribution in [1.82, 2.24) is 25.5 Å². The summed E-state index contributed by atoms with van der Waals surface area (Å²) >= 11 is 0. The molecule has 0 aromatic rings. The lowest BCUT2D eigenvalue weighted by molar-refractivity contribution is -0.169. The van der Waals surface area contributed by atoms with Gasteiger partial charge in [0.15, 0.2) is 6.17 Å². The van der Waals surface area contributed by atoms with Gasteiger partial charge < -0.3 is 10.2 Å². The van der Waals surface area contributed by atoms with E-state index in [0.29, 0.717) is 12.5 Å². The second-order valence-electron chi connectivity index (χ2n) is 7.18. The summed E-state index contributed by atoms with van der Waals surface area (Å²) in [4.78, 5) is 34.9. The SMILES string of the molecule is O=CNOC(=O)C(N1CCCCC1)N1CCN(C2CCNCC2)CC1. The summed E-state index contributed by atoms with van der Waals surface area (Å²) in [6.45, 7) is 7.73. The Balaban J connectivity index is 1.58. The highest BCUT2D eigenvalue weighted by atomic mass is 16.7. The van der Waals surface area contributed by atoms with Crippen molar-refractivity contribution >= 4 is 12.4 Å². The van der Waals surface area contributed by atoms with Crippen molar-refractivity contribution < 1.29 is 14.4 Å². The molecule has 0 bridgehead atoms. The number of nitrogens with zero attached hydrogens (tertiary/aromatic N) is 3. The average molecular weight is 353 g/mol. The molecule has 3 fully saturated rings. The molecule has 8 nitrogen and oxygen atoms in total. The van der Waals surface area contributed by atoms with Gasteiger partial charge in [-0.1, -0.05) is 6.42 Å². The van der Waals surface area contributed by atoms with Crippen LogP contribution in [0.15, 0.2) is 0 Å². The zero-order valence-electron chi connectivity index (χ0n) is 15.0. The maximum Gasteiger partial charge on any atom is 0.363 e. The number of piperazine rings is 1. The van der Waals surface area contributed by atoms with E-state index < -0.39 is 0 Å². The molecule has 0 saturated carbocycles. The summed E-state index contributed by atoms with van der Waals surface area (Å²) in [6.07, 6.45) is 5.87. The average Bonchev–Trinajstić information content (AvgIpc) is 2.69. The summed E-state index contributed by atoms with van der Waals surface area (Å²) in [6, 6.07) is 0.667. The van der Waals surface area contributed by atoms with Crippen molar-refractivity contribution in [2.24, 2.45) is 0 Å². The van der Waals surface area contributed by atoms with Crippen LogP contribution in [0.2, 0.25) is 0 Å². The summed E-state index contributed by atoms with van der Waals surface area (Å²) in [5, 5.41) is 3.42. The van der Waals surface area contributed by atoms with E-state index in [9.17, 15) is 9.59 Å². The first-order valence-electron chi connectivity index (χ1n) is 9.62. The van der Waals surface area contributed by atoms with Crippen LogP contribution in [0.5, 0.6) is 0 Å². The van der Waals surface area contributed by atoms with Crippen molar-refractivity contribution in [1.29, 1.82) is 0 Å². The third-order valence-corrected chi connectivity index (χ3v) is 5.67. The molecule has 142 valence electrons. The molecule has 2 N–H and O–H groups in total. The molecular formula is C17H31N5O3. The topological polar surface area (TPSA) is 77.2 Å². The van der Waals surface area contributed by atoms with E-state index in [1.54, 1.807) is 0 Å². The predicted octanol–water partition coefficient (Wildman–Crippen LogP) is -0.628. The molecule has 1 unspecified atom stereocenters. The fourth-order valence-electron chi connectivity index (χ4n) is 4.35. The number of hydrogen-bond donors (Lipinski definition) is 2. The highest BCUT2D eigenvalue weighted by molar-refractivity contribution is 5.76. The Kier molecular flexibility index (Phi) is 7.03. The van der Waals surface area contributed by atoms with E-state index in [2.05, 4.69) is 25.5 Å². The number of hydrogen-bond acceptors (Lipinski definition) is 7. The summed E-state index contributed by atoms with van der Waals surface area (Å²) in [7, 11) is 0. The van der Waals surface area contributed by atoms with Gasteiger partial charge in [-0.15, -0.1) is 0 Å². The largest absolute Gasteiger partial charge is 0.363 e. The number of amides is 1. The van der Waals surface area contributed by atoms with Gasteiger partial charge >= 0.3 is 5.97 Å². The highest BCUT2D eigenvalue weighted by Crippen LogP contribution is 2.20. The molecular weight excluding hydrogens is 322 g/mol. The first-order valence-corrected chi connectivity index (χ1v) is 9.62. The van der Waals surface area contributed by atoms with Crippen molar-refractivity contribution in [3.63, 3.8) is 0 Å². The molecule has 3 rings (SSSR count). The molecule has 8 heteroatoms. The lowest BCUT2D eigenvalue weighted by atomic mass is 10.0. The number of carbonyl (C=O) groups is 2. The van der Waals surface area contributed by atoms with E-state index in [1.165, 1.54) is 19.3 Å². The standard InChI is InChI=1S/C17H31N5O3/c23-14-19-25-17(24)16(21-8-2-1-3-9-21)22-12-10-20(11-13-22)15-4-6-18-7-5-15/h14-16,18H,1-13H2,(H,19,23). The number of rotatable bonds is 6. The molecule has 0 aromatic heterocycles. The summed E-state index contributed by atoms with van der Waals surface area (Å²) in [5.74, 6) is -0.371. The number of piperidine rings is 2. The first-order chi connectivity index (χ1) is 12.3. The summed E-state index contributed by atoms with van der Waals surface area (Å²) in [5.41, 5.74) is 2.07. The second-order valence-corrected chi connectivity index (χ2v) is 7.18. The van der Waals surface area contributed by atoms with Crippen molar-refractivity contribution in [3.8, 4) is 0 Å². The Morgan fingerprint density at radius 2 is 1.64 bits per heavy atom. The fraction of sp³-hybridized carbons (Fsp3) is 0.882. The molecule has 25 heavy (non-hydrogen) atoms. The van der Waals surface area contributed by atoms with Gasteiger partial charge in [-0.2, -0.15) is 5.48 Å². The van der Waals surface area contributed by atoms with Crippen molar-refractivity contribution in [2.75, 3.05) is 52.4 Å². The number of nitrogens with one attached hydrogen (secondary N) is 2.